The number of nitrogens with one attached hydrogen (secondary N) is 2. The molecule has 0 aliphatic carbocycles. The van der Waals surface area contributed by atoms with Crippen molar-refractivity contribution in [1.29, 1.82) is 0 Å². The first kappa shape index (κ1) is 15.3. The minimum atomic E-state index is -0.549. The molecule has 1 atom stereocenters. The Morgan fingerprint density at radius 1 is 1.32 bits per heavy atom. The molecule has 0 spiro atoms. The van der Waals surface area contributed by atoms with E-state index in [1.54, 1.807) is 6.20 Å². The highest BCUT2D eigenvalue weighted by Crippen LogP contribution is 2.28. The standard InChI is InChI=1S/C18H17N5O2/c1-11-5-7-14-12(10-11)6-8-15(25-14)17(24)21-18-20-16(22-23-18)13-4-2-3-9-19-13/h2-5,7,9-10,15H,6,8H2,1H3,(H2,20,21,22,23,24)/t15-/m1/s1. The fourth-order valence-corrected chi connectivity index (χ4v) is 2.83. The molecule has 1 aliphatic heterocycles. The van der Waals surface area contributed by atoms with Crippen molar-refractivity contribution in [3.63, 3.8) is 0 Å². The summed E-state index contributed by atoms with van der Waals surface area (Å²) in [6.45, 7) is 2.04. The van der Waals surface area contributed by atoms with E-state index >= 15 is 0 Å². The summed E-state index contributed by atoms with van der Waals surface area (Å²) in [5.41, 5.74) is 2.99. The molecule has 25 heavy (non-hydrogen) atoms. The number of aromatic nitrogens is 4. The second-order valence-electron chi connectivity index (χ2n) is 5.97. The number of aryl methyl sites for hydroxylation is 2. The summed E-state index contributed by atoms with van der Waals surface area (Å²) < 4.78 is 5.82. The van der Waals surface area contributed by atoms with Gasteiger partial charge >= 0.3 is 0 Å². The average Bonchev–Trinajstić information content (AvgIpc) is 3.10. The van der Waals surface area contributed by atoms with Gasteiger partial charge in [0, 0.05) is 6.20 Å². The maximum Gasteiger partial charge on any atom is 0.267 e. The van der Waals surface area contributed by atoms with Gasteiger partial charge in [-0.3, -0.25) is 20.2 Å². The number of amides is 1. The maximum atomic E-state index is 12.4. The molecule has 1 aliphatic rings. The van der Waals surface area contributed by atoms with Crippen molar-refractivity contribution in [2.75, 3.05) is 5.32 Å². The molecule has 4 rings (SSSR count). The van der Waals surface area contributed by atoms with E-state index in [4.69, 9.17) is 4.74 Å². The number of H-pyrrole nitrogens is 1. The summed E-state index contributed by atoms with van der Waals surface area (Å²) in [6.07, 6.45) is 2.56. The molecule has 3 aromatic rings. The molecule has 7 nitrogen and oxygen atoms in total. The number of ether oxygens (including phenoxy) is 1. The summed E-state index contributed by atoms with van der Waals surface area (Å²) in [7, 11) is 0. The van der Waals surface area contributed by atoms with E-state index in [1.165, 1.54) is 5.56 Å². The summed E-state index contributed by atoms with van der Waals surface area (Å²) in [4.78, 5) is 20.9. The molecule has 1 aromatic carbocycles. The van der Waals surface area contributed by atoms with Gasteiger partial charge in [-0.15, -0.1) is 5.10 Å². The fourth-order valence-electron chi connectivity index (χ4n) is 2.83. The van der Waals surface area contributed by atoms with Crippen molar-refractivity contribution in [2.45, 2.75) is 25.9 Å². The van der Waals surface area contributed by atoms with E-state index in [-0.39, 0.29) is 11.9 Å². The average molecular weight is 335 g/mol. The van der Waals surface area contributed by atoms with Crippen LogP contribution in [0.25, 0.3) is 11.5 Å². The third-order valence-electron chi connectivity index (χ3n) is 4.08. The molecule has 2 N–H and O–H groups in total. The lowest BCUT2D eigenvalue weighted by Gasteiger charge is -2.25. The summed E-state index contributed by atoms with van der Waals surface area (Å²) in [5.74, 6) is 1.23. The van der Waals surface area contributed by atoms with Crippen LogP contribution in [0.15, 0.2) is 42.6 Å². The molecule has 126 valence electrons. The highest BCUT2D eigenvalue weighted by molar-refractivity contribution is 5.93. The second kappa shape index (κ2) is 6.35. The molecule has 2 aromatic heterocycles. The van der Waals surface area contributed by atoms with Crippen LogP contribution in [0.3, 0.4) is 0 Å². The van der Waals surface area contributed by atoms with Crippen LogP contribution in [0.5, 0.6) is 5.75 Å². The number of carbonyl (C=O) groups excluding carboxylic acids is 1. The Morgan fingerprint density at radius 3 is 3.08 bits per heavy atom. The number of nitrogens with zero attached hydrogens (tertiary/aromatic N) is 3. The first-order valence-corrected chi connectivity index (χ1v) is 8.10. The minimum absolute atomic E-state index is 0.212. The van der Waals surface area contributed by atoms with Crippen molar-refractivity contribution in [3.8, 4) is 17.3 Å². The molecule has 0 fully saturated rings. The number of rotatable bonds is 3. The SMILES string of the molecule is Cc1ccc2c(c1)CC[C@H](C(=O)Nc1n[nH]c(-c3ccccn3)n1)O2. The Bertz CT molecular complexity index is 907. The first-order chi connectivity index (χ1) is 12.2. The molecule has 0 saturated carbocycles. The van der Waals surface area contributed by atoms with Crippen molar-refractivity contribution < 1.29 is 9.53 Å². The van der Waals surface area contributed by atoms with Crippen LogP contribution in [0.1, 0.15) is 17.5 Å². The largest absolute Gasteiger partial charge is 0.480 e. The fraction of sp³-hybridized carbons (Fsp3) is 0.222. The zero-order chi connectivity index (χ0) is 17.2. The quantitative estimate of drug-likeness (QED) is 0.767. The zero-order valence-corrected chi connectivity index (χ0v) is 13.7. The Morgan fingerprint density at radius 2 is 2.24 bits per heavy atom. The van der Waals surface area contributed by atoms with Gasteiger partial charge < -0.3 is 4.74 Å². The van der Waals surface area contributed by atoms with Crippen LogP contribution >= 0.6 is 0 Å². The number of hydrogen-bond donors (Lipinski definition) is 2. The summed E-state index contributed by atoms with van der Waals surface area (Å²) >= 11 is 0. The Labute approximate surface area is 144 Å². The molecular weight excluding hydrogens is 318 g/mol. The van der Waals surface area contributed by atoms with Gasteiger partial charge in [0.05, 0.1) is 0 Å². The van der Waals surface area contributed by atoms with Gasteiger partial charge in [0.25, 0.3) is 5.91 Å². The molecule has 0 radical (unpaired) electrons. The van der Waals surface area contributed by atoms with Gasteiger partial charge in [-0.25, -0.2) is 0 Å². The van der Waals surface area contributed by atoms with Gasteiger partial charge in [-0.05, 0) is 43.5 Å². The van der Waals surface area contributed by atoms with Crippen molar-refractivity contribution >= 4 is 11.9 Å². The highest BCUT2D eigenvalue weighted by Gasteiger charge is 2.27. The number of aromatic amines is 1. The molecule has 0 saturated heterocycles. The number of hydrogen-bond acceptors (Lipinski definition) is 5. The zero-order valence-electron chi connectivity index (χ0n) is 13.7. The third kappa shape index (κ3) is 3.21. The van der Waals surface area contributed by atoms with Crippen LogP contribution in [0.4, 0.5) is 5.95 Å². The molecule has 0 bridgehead atoms. The second-order valence-corrected chi connectivity index (χ2v) is 5.97. The Hall–Kier alpha value is -3.22. The smallest absolute Gasteiger partial charge is 0.267 e. The van der Waals surface area contributed by atoms with Crippen LogP contribution in [-0.2, 0) is 11.2 Å². The van der Waals surface area contributed by atoms with E-state index in [2.05, 4.69) is 31.5 Å². The van der Waals surface area contributed by atoms with Gasteiger partial charge in [-0.1, -0.05) is 23.8 Å². The van der Waals surface area contributed by atoms with Crippen molar-refractivity contribution in [1.82, 2.24) is 20.2 Å². The minimum Gasteiger partial charge on any atom is -0.480 e. The van der Waals surface area contributed by atoms with Crippen LogP contribution in [0.2, 0.25) is 0 Å². The van der Waals surface area contributed by atoms with Gasteiger partial charge in [0.2, 0.25) is 5.95 Å². The van der Waals surface area contributed by atoms with Crippen molar-refractivity contribution in [3.05, 3.63) is 53.7 Å². The predicted octanol–water partition coefficient (Wildman–Crippen LogP) is 2.51. The van der Waals surface area contributed by atoms with Crippen LogP contribution < -0.4 is 10.1 Å². The Kier molecular flexibility index (Phi) is 3.89. The summed E-state index contributed by atoms with van der Waals surface area (Å²) in [5, 5.41) is 9.49. The van der Waals surface area contributed by atoms with Crippen LogP contribution in [0, 0.1) is 6.92 Å². The Balaban J connectivity index is 1.44. The molecule has 3 heterocycles. The van der Waals surface area contributed by atoms with Crippen LogP contribution in [-0.4, -0.2) is 32.2 Å². The van der Waals surface area contributed by atoms with Crippen molar-refractivity contribution in [2.24, 2.45) is 0 Å². The van der Waals surface area contributed by atoms with E-state index in [9.17, 15) is 4.79 Å². The van der Waals surface area contributed by atoms with Gasteiger partial charge in [-0.2, -0.15) is 4.98 Å². The lowest BCUT2D eigenvalue weighted by atomic mass is 10.00. The predicted molar refractivity (Wildman–Crippen MR) is 92.2 cm³/mol. The lowest BCUT2D eigenvalue weighted by Crippen LogP contribution is -2.36. The molecule has 1 amide bonds. The molecule has 7 heteroatoms. The van der Waals surface area contributed by atoms with E-state index in [0.29, 0.717) is 17.9 Å². The molecular formula is C18H17N5O2. The summed E-state index contributed by atoms with van der Waals surface area (Å²) in [6, 6.07) is 11.5. The van der Waals surface area contributed by atoms with E-state index in [1.807, 2.05) is 37.3 Å². The normalized spacial score (nSPS) is 16.0. The highest BCUT2D eigenvalue weighted by atomic mass is 16.5. The number of pyridine rings is 1. The molecule has 0 unspecified atom stereocenters. The van der Waals surface area contributed by atoms with E-state index in [0.717, 1.165) is 17.7 Å². The van der Waals surface area contributed by atoms with E-state index < -0.39 is 6.10 Å². The van der Waals surface area contributed by atoms with Gasteiger partial charge in [0.1, 0.15) is 11.4 Å². The number of benzene rings is 1. The lowest BCUT2D eigenvalue weighted by molar-refractivity contribution is -0.123. The first-order valence-electron chi connectivity index (χ1n) is 8.10. The third-order valence-corrected chi connectivity index (χ3v) is 4.08. The number of fused-ring (bicyclic) bond motifs is 1. The number of carbonyl (C=O) groups is 1. The monoisotopic (exact) mass is 335 g/mol. The number of anilines is 1. The van der Waals surface area contributed by atoms with Gasteiger partial charge in [0.15, 0.2) is 11.9 Å². The maximum absolute atomic E-state index is 12.4. The topological polar surface area (TPSA) is 92.8 Å².